The van der Waals surface area contributed by atoms with Gasteiger partial charge in [0.25, 0.3) is 0 Å². The van der Waals surface area contributed by atoms with Gasteiger partial charge < -0.3 is 15.5 Å². The van der Waals surface area contributed by atoms with Crippen LogP contribution in [0.3, 0.4) is 0 Å². The first-order chi connectivity index (χ1) is 32.2. The zero-order chi connectivity index (χ0) is 47.0. The van der Waals surface area contributed by atoms with E-state index in [0.717, 1.165) is 32.1 Å². The average Bonchev–Trinajstić information content (AvgIpc) is 3.31. The number of unbranched alkanes of at least 4 members (excludes halogenated alkanes) is 44. The van der Waals surface area contributed by atoms with Crippen molar-refractivity contribution in [3.05, 3.63) is 36.5 Å². The standard InChI is InChI=1S/C61H117NO3/c1-3-5-7-9-11-13-15-17-19-21-23-25-27-29-30-31-32-33-35-37-39-41-43-45-47-49-51-53-55-57-61(65)62-59(58-63)60(64)56-54-52-50-48-46-44-42-40-38-36-34-28-26-24-22-20-18-16-14-12-10-8-6-4-2/h29-30,46,48,54,56,59-60,63-64H,3-28,31-45,47,49-53,55,57-58H2,1-2H3,(H,62,65)/b30-29-,48-46+,56-54+. The summed E-state index contributed by atoms with van der Waals surface area (Å²) < 4.78 is 0. The first-order valence-electron chi connectivity index (χ1n) is 29.7. The molecule has 3 N–H and O–H groups in total. The van der Waals surface area contributed by atoms with Crippen LogP contribution in [0.5, 0.6) is 0 Å². The zero-order valence-electron chi connectivity index (χ0n) is 44.3. The smallest absolute Gasteiger partial charge is 0.220 e. The summed E-state index contributed by atoms with van der Waals surface area (Å²) in [6.07, 6.45) is 77.5. The van der Waals surface area contributed by atoms with Crippen molar-refractivity contribution in [1.29, 1.82) is 0 Å². The maximum atomic E-state index is 12.5. The normalized spacial score (nSPS) is 13.0. The van der Waals surface area contributed by atoms with Crippen molar-refractivity contribution in [1.82, 2.24) is 5.32 Å². The number of carbonyl (C=O) groups excluding carboxylic acids is 1. The lowest BCUT2D eigenvalue weighted by Crippen LogP contribution is -2.45. The average molecular weight is 913 g/mol. The molecule has 65 heavy (non-hydrogen) atoms. The Labute approximate surface area is 408 Å². The molecule has 2 atom stereocenters. The second-order valence-corrected chi connectivity index (χ2v) is 20.4. The van der Waals surface area contributed by atoms with E-state index in [1.807, 2.05) is 6.08 Å². The van der Waals surface area contributed by atoms with Gasteiger partial charge in [-0.15, -0.1) is 0 Å². The van der Waals surface area contributed by atoms with E-state index in [2.05, 4.69) is 43.5 Å². The van der Waals surface area contributed by atoms with Crippen LogP contribution in [0.25, 0.3) is 0 Å². The molecule has 0 aliphatic rings. The van der Waals surface area contributed by atoms with E-state index >= 15 is 0 Å². The van der Waals surface area contributed by atoms with Gasteiger partial charge in [-0.05, 0) is 57.8 Å². The molecule has 0 bridgehead atoms. The van der Waals surface area contributed by atoms with Crippen LogP contribution >= 0.6 is 0 Å². The van der Waals surface area contributed by atoms with Gasteiger partial charge in [0.2, 0.25) is 5.91 Å². The largest absolute Gasteiger partial charge is 0.394 e. The zero-order valence-corrected chi connectivity index (χ0v) is 44.3. The van der Waals surface area contributed by atoms with Gasteiger partial charge in [0, 0.05) is 6.42 Å². The third-order valence-electron chi connectivity index (χ3n) is 13.8. The highest BCUT2D eigenvalue weighted by molar-refractivity contribution is 5.76. The lowest BCUT2D eigenvalue weighted by Gasteiger charge is -2.19. The molecule has 0 heterocycles. The highest BCUT2D eigenvalue weighted by Crippen LogP contribution is 2.17. The molecule has 0 saturated carbocycles. The van der Waals surface area contributed by atoms with E-state index < -0.39 is 12.1 Å². The van der Waals surface area contributed by atoms with E-state index in [9.17, 15) is 15.0 Å². The monoisotopic (exact) mass is 912 g/mol. The number of hydrogen-bond acceptors (Lipinski definition) is 3. The number of aliphatic hydroxyl groups excluding tert-OH is 2. The molecule has 0 aromatic carbocycles. The minimum Gasteiger partial charge on any atom is -0.394 e. The topological polar surface area (TPSA) is 69.6 Å². The Hall–Kier alpha value is -1.39. The van der Waals surface area contributed by atoms with E-state index in [-0.39, 0.29) is 12.5 Å². The van der Waals surface area contributed by atoms with Crippen molar-refractivity contribution < 1.29 is 15.0 Å². The Morgan fingerprint density at radius 2 is 0.600 bits per heavy atom. The second-order valence-electron chi connectivity index (χ2n) is 20.4. The van der Waals surface area contributed by atoms with E-state index in [4.69, 9.17) is 0 Å². The van der Waals surface area contributed by atoms with Gasteiger partial charge in [-0.3, -0.25) is 4.79 Å². The number of aliphatic hydroxyl groups is 2. The minimum atomic E-state index is -0.862. The third kappa shape index (κ3) is 53.4. The molecule has 0 rings (SSSR count). The number of hydrogen-bond donors (Lipinski definition) is 3. The Kier molecular flexibility index (Phi) is 55.7. The Morgan fingerprint density at radius 3 is 0.892 bits per heavy atom. The molecule has 0 aromatic rings. The maximum Gasteiger partial charge on any atom is 0.220 e. The van der Waals surface area contributed by atoms with Crippen molar-refractivity contribution in [2.75, 3.05) is 6.61 Å². The van der Waals surface area contributed by atoms with Gasteiger partial charge in [0.05, 0.1) is 18.8 Å². The van der Waals surface area contributed by atoms with Crippen molar-refractivity contribution in [3.8, 4) is 0 Å². The fraction of sp³-hybridized carbons (Fsp3) is 0.885. The first kappa shape index (κ1) is 63.6. The first-order valence-corrected chi connectivity index (χ1v) is 29.7. The van der Waals surface area contributed by atoms with Crippen LogP contribution in [0.2, 0.25) is 0 Å². The van der Waals surface area contributed by atoms with E-state index in [1.54, 1.807) is 6.08 Å². The number of rotatable bonds is 55. The summed E-state index contributed by atoms with van der Waals surface area (Å²) in [7, 11) is 0. The summed E-state index contributed by atoms with van der Waals surface area (Å²) in [5.74, 6) is -0.0690. The molecule has 4 heteroatoms. The lowest BCUT2D eigenvalue weighted by atomic mass is 10.0. The second kappa shape index (κ2) is 56.9. The predicted molar refractivity (Wildman–Crippen MR) is 290 cm³/mol. The molecule has 0 fully saturated rings. The summed E-state index contributed by atoms with van der Waals surface area (Å²) in [5.41, 5.74) is 0. The van der Waals surface area contributed by atoms with Crippen LogP contribution in [0.1, 0.15) is 328 Å². The predicted octanol–water partition coefficient (Wildman–Crippen LogP) is 19.6. The van der Waals surface area contributed by atoms with Gasteiger partial charge in [-0.2, -0.15) is 0 Å². The molecular formula is C61H117NO3. The summed E-state index contributed by atoms with van der Waals surface area (Å²) in [6.45, 7) is 4.34. The molecule has 4 nitrogen and oxygen atoms in total. The molecule has 384 valence electrons. The fourth-order valence-electron chi connectivity index (χ4n) is 9.31. The summed E-state index contributed by atoms with van der Waals surface area (Å²) in [5, 5.41) is 23.2. The van der Waals surface area contributed by atoms with E-state index in [1.165, 1.54) is 276 Å². The van der Waals surface area contributed by atoms with Crippen molar-refractivity contribution in [3.63, 3.8) is 0 Å². The molecule has 0 aromatic heterocycles. The van der Waals surface area contributed by atoms with Crippen LogP contribution in [-0.4, -0.2) is 34.9 Å². The maximum absolute atomic E-state index is 12.5. The Morgan fingerprint density at radius 1 is 0.354 bits per heavy atom. The van der Waals surface area contributed by atoms with Gasteiger partial charge in [0.15, 0.2) is 0 Å². The number of nitrogens with one attached hydrogen (secondary N) is 1. The SMILES string of the molecule is CCCCCCCCCCCCCC/C=C\CCCCCCCCCCCCCCCC(=O)NC(CO)C(O)/C=C/CC/C=C/CCCCCCCCCCCCCCCCCCCC. The van der Waals surface area contributed by atoms with Crippen molar-refractivity contribution >= 4 is 5.91 Å². The molecule has 0 spiro atoms. The molecule has 0 saturated heterocycles. The van der Waals surface area contributed by atoms with Gasteiger partial charge in [0.1, 0.15) is 0 Å². The highest BCUT2D eigenvalue weighted by atomic mass is 16.3. The number of allylic oxidation sites excluding steroid dienone is 5. The van der Waals surface area contributed by atoms with Crippen molar-refractivity contribution in [2.24, 2.45) is 0 Å². The number of amides is 1. The summed E-state index contributed by atoms with van der Waals surface area (Å²) >= 11 is 0. The van der Waals surface area contributed by atoms with Gasteiger partial charge in [-0.1, -0.05) is 301 Å². The van der Waals surface area contributed by atoms with Crippen LogP contribution in [0, 0.1) is 0 Å². The Bertz CT molecular complexity index is 989. The molecule has 0 radical (unpaired) electrons. The highest BCUT2D eigenvalue weighted by Gasteiger charge is 2.18. The fourth-order valence-corrected chi connectivity index (χ4v) is 9.31. The molecule has 2 unspecified atom stereocenters. The minimum absolute atomic E-state index is 0.0690. The third-order valence-corrected chi connectivity index (χ3v) is 13.8. The van der Waals surface area contributed by atoms with Crippen LogP contribution in [0.15, 0.2) is 36.5 Å². The van der Waals surface area contributed by atoms with E-state index in [0.29, 0.717) is 6.42 Å². The van der Waals surface area contributed by atoms with Crippen LogP contribution in [0.4, 0.5) is 0 Å². The lowest BCUT2D eigenvalue weighted by molar-refractivity contribution is -0.123. The number of carbonyl (C=O) groups is 1. The van der Waals surface area contributed by atoms with Crippen LogP contribution < -0.4 is 5.32 Å². The van der Waals surface area contributed by atoms with Gasteiger partial charge in [-0.25, -0.2) is 0 Å². The molecule has 1 amide bonds. The van der Waals surface area contributed by atoms with Crippen molar-refractivity contribution in [2.45, 2.75) is 341 Å². The molecular weight excluding hydrogens is 795 g/mol. The summed E-state index contributed by atoms with van der Waals surface area (Å²) in [6, 6.07) is -0.639. The van der Waals surface area contributed by atoms with Crippen LogP contribution in [-0.2, 0) is 4.79 Å². The molecule has 0 aliphatic carbocycles. The Balaban J connectivity index is 3.49. The summed E-state index contributed by atoms with van der Waals surface area (Å²) in [4.78, 5) is 12.5. The quantitative estimate of drug-likeness (QED) is 0.0421. The molecule has 0 aliphatic heterocycles. The van der Waals surface area contributed by atoms with Gasteiger partial charge >= 0.3 is 0 Å².